The Morgan fingerprint density at radius 3 is 1.04 bits per heavy atom. The molecule has 0 aromatic carbocycles. The molecule has 9 saturated heterocycles. The van der Waals surface area contributed by atoms with Crippen LogP contribution in [0.1, 0.15) is 148 Å². The molecule has 0 aromatic heterocycles. The van der Waals surface area contributed by atoms with Crippen molar-refractivity contribution in [1.29, 1.82) is 0 Å². The average Bonchev–Trinajstić information content (AvgIpc) is 4.04. The summed E-state index contributed by atoms with van der Waals surface area (Å²) in [7, 11) is 13.6. The molecule has 4 aliphatic carbocycles. The third kappa shape index (κ3) is 10.4. The van der Waals surface area contributed by atoms with Gasteiger partial charge in [0.15, 0.2) is 0 Å². The maximum absolute atomic E-state index is 2.59. The largest absolute Gasteiger partial charge is 0.306 e. The Labute approximate surface area is 323 Å². The second-order valence-electron chi connectivity index (χ2n) is 20.9. The van der Waals surface area contributed by atoms with Crippen LogP contribution in [0.4, 0.5) is 0 Å². The summed E-state index contributed by atoms with van der Waals surface area (Å²) < 4.78 is 0. The standard InChI is InChI=1S/4C8H15N.2C7H13N/c1-9-6-7-2-4-8(9)5-3-7;1-9-5-7-2-3-8(4-7)6-9;1-9-5-4-7-2-3-8(9)6-7;1-9-7-3-2-4-8(9)6-5-7;1-8-5-6-2-3-7(8)4-6;1-8-6-2-3-7(8)5-4-6/h4*7-8H,2-6H2,1H3;2*6-7H,2-5H2,1H3. The van der Waals surface area contributed by atoms with E-state index >= 15 is 0 Å². The molecular weight excluding hydrogens is 637 g/mol. The van der Waals surface area contributed by atoms with Gasteiger partial charge in [0.05, 0.1) is 0 Å². The van der Waals surface area contributed by atoms with Crippen molar-refractivity contribution in [1.82, 2.24) is 29.4 Å². The van der Waals surface area contributed by atoms with Crippen molar-refractivity contribution in [3.05, 3.63) is 0 Å². The van der Waals surface area contributed by atoms with Gasteiger partial charge >= 0.3 is 0 Å². The average molecular weight is 723 g/mol. The summed E-state index contributed by atoms with van der Waals surface area (Å²) in [6.45, 7) is 6.86. The van der Waals surface area contributed by atoms with Crippen LogP contribution in [-0.2, 0) is 0 Å². The Bertz CT molecular complexity index is 997. The van der Waals surface area contributed by atoms with E-state index in [4.69, 9.17) is 0 Å². The van der Waals surface area contributed by atoms with Gasteiger partial charge in [-0.15, -0.1) is 0 Å². The molecule has 300 valence electrons. The highest BCUT2D eigenvalue weighted by molar-refractivity contribution is 4.93. The van der Waals surface area contributed by atoms with E-state index in [1.807, 2.05) is 0 Å². The van der Waals surface area contributed by atoms with Crippen molar-refractivity contribution in [2.45, 2.75) is 190 Å². The minimum atomic E-state index is 0.954. The molecule has 13 aliphatic rings. The van der Waals surface area contributed by atoms with Gasteiger partial charge in [-0.2, -0.15) is 0 Å². The van der Waals surface area contributed by atoms with E-state index in [1.54, 1.807) is 0 Å². The van der Waals surface area contributed by atoms with Crippen LogP contribution in [0.25, 0.3) is 0 Å². The lowest BCUT2D eigenvalue weighted by Crippen LogP contribution is -2.45. The second-order valence-corrected chi connectivity index (χ2v) is 20.9. The summed E-state index contributed by atoms with van der Waals surface area (Å²) in [4.78, 5) is 15.2. The normalized spacial score (nSPS) is 44.4. The number of hydrogen-bond donors (Lipinski definition) is 0. The molecule has 0 N–H and O–H groups in total. The fourth-order valence-corrected chi connectivity index (χ4v) is 13.8. The number of piperidine rings is 6. The number of fused-ring (bicyclic) bond motifs is 13. The van der Waals surface area contributed by atoms with E-state index in [2.05, 4.69) is 71.7 Å². The van der Waals surface area contributed by atoms with Gasteiger partial charge in [-0.3, -0.25) is 0 Å². The fraction of sp³-hybridized carbons (Fsp3) is 1.00. The van der Waals surface area contributed by atoms with Crippen LogP contribution < -0.4 is 0 Å². The Hall–Kier alpha value is -0.240. The van der Waals surface area contributed by atoms with Gasteiger partial charge in [-0.05, 0) is 220 Å². The molecule has 9 aliphatic heterocycles. The van der Waals surface area contributed by atoms with Crippen molar-refractivity contribution in [2.24, 2.45) is 29.6 Å². The highest BCUT2D eigenvalue weighted by Gasteiger charge is 2.37. The molecule has 4 saturated carbocycles. The van der Waals surface area contributed by atoms with Crippen molar-refractivity contribution in [3.63, 3.8) is 0 Å². The Kier molecular flexibility index (Phi) is 14.5. The molecule has 0 spiro atoms. The van der Waals surface area contributed by atoms with Crippen LogP contribution in [-0.4, -0.2) is 147 Å². The van der Waals surface area contributed by atoms with Gasteiger partial charge < -0.3 is 29.4 Å². The third-order valence-corrected chi connectivity index (χ3v) is 17.4. The first-order valence-electron chi connectivity index (χ1n) is 23.4. The Morgan fingerprint density at radius 2 is 0.673 bits per heavy atom. The van der Waals surface area contributed by atoms with Crippen LogP contribution in [0.5, 0.6) is 0 Å². The lowest BCUT2D eigenvalue weighted by Gasteiger charge is -2.43. The van der Waals surface area contributed by atoms with Crippen LogP contribution in [0, 0.1) is 29.6 Å². The van der Waals surface area contributed by atoms with E-state index in [9.17, 15) is 0 Å². The molecule has 8 atom stereocenters. The van der Waals surface area contributed by atoms with Crippen LogP contribution in [0.3, 0.4) is 0 Å². The maximum Gasteiger partial charge on any atom is 0.00963 e. The smallest absolute Gasteiger partial charge is 0.00963 e. The highest BCUT2D eigenvalue weighted by atomic mass is 15.2. The first-order chi connectivity index (χ1) is 25.2. The zero-order chi connectivity index (χ0) is 36.2. The van der Waals surface area contributed by atoms with Crippen molar-refractivity contribution in [3.8, 4) is 0 Å². The summed E-state index contributed by atoms with van der Waals surface area (Å²) in [5, 5.41) is 0. The van der Waals surface area contributed by atoms with E-state index in [-0.39, 0.29) is 0 Å². The summed E-state index contributed by atoms with van der Waals surface area (Å²) in [6.07, 6.45) is 34.2. The molecule has 0 amide bonds. The molecule has 13 rings (SSSR count). The minimum absolute atomic E-state index is 0.954. The van der Waals surface area contributed by atoms with Gasteiger partial charge in [0.25, 0.3) is 0 Å². The Balaban J connectivity index is 0.0000000971. The number of rotatable bonds is 0. The zero-order valence-electron chi connectivity index (χ0n) is 35.4. The van der Waals surface area contributed by atoms with Gasteiger partial charge in [-0.25, -0.2) is 0 Å². The van der Waals surface area contributed by atoms with E-state index in [1.165, 1.54) is 180 Å². The second kappa shape index (κ2) is 18.8. The first-order valence-corrected chi connectivity index (χ1v) is 23.4. The van der Waals surface area contributed by atoms with Crippen LogP contribution in [0.2, 0.25) is 0 Å². The predicted octanol–water partition coefficient (Wildman–Crippen LogP) is 8.31. The van der Waals surface area contributed by atoms with Crippen LogP contribution >= 0.6 is 0 Å². The van der Waals surface area contributed by atoms with Gasteiger partial charge in [0.1, 0.15) is 0 Å². The van der Waals surface area contributed by atoms with Gasteiger partial charge in [-0.1, -0.05) is 6.42 Å². The lowest BCUT2D eigenvalue weighted by molar-refractivity contribution is 0.0727. The summed E-state index contributed by atoms with van der Waals surface area (Å²) in [5.41, 5.74) is 0. The summed E-state index contributed by atoms with van der Waals surface area (Å²) in [6, 6.07) is 6.76. The van der Waals surface area contributed by atoms with E-state index in [0.29, 0.717) is 0 Å². The number of likely N-dealkylation sites (tertiary alicyclic amines) is 3. The Morgan fingerprint density at radius 1 is 0.288 bits per heavy atom. The molecule has 12 bridgehead atoms. The van der Waals surface area contributed by atoms with Crippen molar-refractivity contribution >= 4 is 0 Å². The molecule has 6 heteroatoms. The first kappa shape index (κ1) is 40.0. The topological polar surface area (TPSA) is 19.4 Å². The van der Waals surface area contributed by atoms with Crippen LogP contribution in [0.15, 0.2) is 0 Å². The predicted molar refractivity (Wildman–Crippen MR) is 221 cm³/mol. The number of hydrogen-bond acceptors (Lipinski definition) is 6. The SMILES string of the molecule is CN1C2CCC1CC2.CN1C2CCCC1CC2.CN1CC2CCC(C2)C1.CN1CC2CCC1C2.CN1CC2CCC1CC2.CN1CCC2CCC1C2. The quantitative estimate of drug-likeness (QED) is 0.249. The molecule has 6 nitrogen and oxygen atoms in total. The van der Waals surface area contributed by atoms with Gasteiger partial charge in [0, 0.05) is 68.5 Å². The highest BCUT2D eigenvalue weighted by Crippen LogP contribution is 2.38. The minimum Gasteiger partial charge on any atom is -0.306 e. The monoisotopic (exact) mass is 723 g/mol. The molecule has 52 heavy (non-hydrogen) atoms. The molecule has 0 aromatic rings. The van der Waals surface area contributed by atoms with Gasteiger partial charge in [0.2, 0.25) is 0 Å². The molecule has 0 radical (unpaired) electrons. The molecule has 8 unspecified atom stereocenters. The lowest BCUT2D eigenvalue weighted by atomic mass is 9.80. The summed E-state index contributed by atoms with van der Waals surface area (Å²) >= 11 is 0. The summed E-state index contributed by atoms with van der Waals surface area (Å²) in [5.74, 6) is 5.36. The van der Waals surface area contributed by atoms with Crippen molar-refractivity contribution < 1.29 is 0 Å². The third-order valence-electron chi connectivity index (χ3n) is 17.4. The van der Waals surface area contributed by atoms with E-state index in [0.717, 1.165) is 71.9 Å². The van der Waals surface area contributed by atoms with Crippen molar-refractivity contribution in [2.75, 3.05) is 75.0 Å². The molecule has 9 heterocycles. The van der Waals surface area contributed by atoms with E-state index < -0.39 is 0 Å². The maximum atomic E-state index is 2.59. The number of nitrogens with zero attached hydrogens (tertiary/aromatic N) is 6. The zero-order valence-corrected chi connectivity index (χ0v) is 35.4. The fourth-order valence-electron chi connectivity index (χ4n) is 13.8. The molecular formula is C46H86N6. The molecule has 13 fully saturated rings.